The Morgan fingerprint density at radius 2 is 2.00 bits per heavy atom. The minimum atomic E-state index is -0.254. The molecule has 4 aromatic rings. The topological polar surface area (TPSA) is 34.4 Å². The summed E-state index contributed by atoms with van der Waals surface area (Å²) in [6.45, 7) is 2.33. The van der Waals surface area contributed by atoms with E-state index in [0.717, 1.165) is 26.6 Å². The van der Waals surface area contributed by atoms with Crippen LogP contribution in [-0.4, -0.2) is 10.5 Å². The monoisotopic (exact) mass is 356 g/mol. The van der Waals surface area contributed by atoms with Crippen molar-refractivity contribution >= 4 is 38.2 Å². The van der Waals surface area contributed by atoms with Gasteiger partial charge in [0.15, 0.2) is 4.80 Å². The third-order valence-corrected chi connectivity index (χ3v) is 5.41. The van der Waals surface area contributed by atoms with Crippen LogP contribution in [0.15, 0.2) is 65.7 Å². The second-order valence-electron chi connectivity index (χ2n) is 6.10. The summed E-state index contributed by atoms with van der Waals surface area (Å²) in [5.74, 6) is 2.42. The molecule has 0 N–H and O–H groups in total. The largest absolute Gasteiger partial charge is 0.305 e. The zero-order chi connectivity index (χ0) is 18.1. The number of nitrogens with zero attached hydrogens (tertiary/aromatic N) is 2. The Morgan fingerprint density at radius 3 is 2.81 bits per heavy atom. The van der Waals surface area contributed by atoms with Gasteiger partial charge in [-0.05, 0) is 30.5 Å². The lowest BCUT2D eigenvalue weighted by molar-refractivity contribution is 0.0998. The minimum Gasteiger partial charge on any atom is -0.305 e. The van der Waals surface area contributed by atoms with Crippen molar-refractivity contribution in [2.24, 2.45) is 4.99 Å². The summed E-state index contributed by atoms with van der Waals surface area (Å²) in [6.07, 6.45) is 5.56. The molecule has 0 spiro atoms. The second kappa shape index (κ2) is 6.62. The number of carbonyl (C=O) groups excluding carboxylic acids is 1. The molecule has 0 aliphatic heterocycles. The molecule has 4 rings (SSSR count). The third-order valence-electron chi connectivity index (χ3n) is 4.29. The Labute approximate surface area is 155 Å². The predicted octanol–water partition coefficient (Wildman–Crippen LogP) is 4.54. The number of thiazole rings is 1. The highest BCUT2D eigenvalue weighted by Crippen LogP contribution is 2.27. The van der Waals surface area contributed by atoms with Crippen LogP contribution < -0.4 is 4.80 Å². The molecule has 126 valence electrons. The van der Waals surface area contributed by atoms with Crippen molar-refractivity contribution in [1.29, 1.82) is 0 Å². The zero-order valence-electron chi connectivity index (χ0n) is 14.3. The van der Waals surface area contributed by atoms with Crippen LogP contribution in [0, 0.1) is 19.3 Å². The SMILES string of the molecule is C#CCn1c(=NC(=O)c2cccc(C)c2)sc2c3ccccc3ccc21. The maximum absolute atomic E-state index is 12.6. The highest BCUT2D eigenvalue weighted by atomic mass is 32.1. The van der Waals surface area contributed by atoms with Crippen LogP contribution in [0.3, 0.4) is 0 Å². The van der Waals surface area contributed by atoms with E-state index in [4.69, 9.17) is 6.42 Å². The zero-order valence-corrected chi connectivity index (χ0v) is 15.1. The first-order valence-corrected chi connectivity index (χ1v) is 9.09. The van der Waals surface area contributed by atoms with E-state index >= 15 is 0 Å². The number of fused-ring (bicyclic) bond motifs is 3. The van der Waals surface area contributed by atoms with E-state index < -0.39 is 0 Å². The van der Waals surface area contributed by atoms with Crippen LogP contribution in [-0.2, 0) is 6.54 Å². The third kappa shape index (κ3) is 2.83. The van der Waals surface area contributed by atoms with Crippen LogP contribution in [0.5, 0.6) is 0 Å². The summed E-state index contributed by atoms with van der Waals surface area (Å²) in [5, 5.41) is 2.30. The van der Waals surface area contributed by atoms with Crippen molar-refractivity contribution in [3.8, 4) is 12.3 Å². The van der Waals surface area contributed by atoms with Crippen LogP contribution in [0.1, 0.15) is 15.9 Å². The fraction of sp³-hybridized carbons (Fsp3) is 0.0909. The normalized spacial score (nSPS) is 11.8. The molecular weight excluding hydrogens is 340 g/mol. The lowest BCUT2D eigenvalue weighted by Gasteiger charge is -2.02. The number of aromatic nitrogens is 1. The van der Waals surface area contributed by atoms with Gasteiger partial charge in [-0.15, -0.1) is 6.42 Å². The van der Waals surface area contributed by atoms with Crippen molar-refractivity contribution in [2.45, 2.75) is 13.5 Å². The van der Waals surface area contributed by atoms with E-state index in [2.05, 4.69) is 29.1 Å². The number of terminal acetylenes is 1. The van der Waals surface area contributed by atoms with Gasteiger partial charge in [0.05, 0.1) is 16.8 Å². The summed E-state index contributed by atoms with van der Waals surface area (Å²) in [6, 6.07) is 19.8. The molecular formula is C22H16N2OS. The molecule has 0 aliphatic carbocycles. The van der Waals surface area contributed by atoms with E-state index in [1.807, 2.05) is 47.9 Å². The molecule has 1 aromatic heterocycles. The molecule has 0 unspecified atom stereocenters. The van der Waals surface area contributed by atoms with Gasteiger partial charge in [-0.25, -0.2) is 0 Å². The van der Waals surface area contributed by atoms with Crippen molar-refractivity contribution in [3.05, 3.63) is 76.6 Å². The lowest BCUT2D eigenvalue weighted by Crippen LogP contribution is -2.16. The van der Waals surface area contributed by atoms with E-state index in [-0.39, 0.29) is 5.91 Å². The fourth-order valence-corrected chi connectivity index (χ4v) is 4.22. The van der Waals surface area contributed by atoms with Gasteiger partial charge in [0, 0.05) is 10.9 Å². The van der Waals surface area contributed by atoms with E-state index in [9.17, 15) is 4.79 Å². The Kier molecular flexibility index (Phi) is 4.16. The van der Waals surface area contributed by atoms with Gasteiger partial charge in [-0.2, -0.15) is 4.99 Å². The first kappa shape index (κ1) is 16.3. The highest BCUT2D eigenvalue weighted by molar-refractivity contribution is 7.17. The van der Waals surface area contributed by atoms with Crippen LogP contribution >= 0.6 is 11.3 Å². The van der Waals surface area contributed by atoms with Crippen molar-refractivity contribution in [1.82, 2.24) is 4.57 Å². The standard InChI is InChI=1S/C22H16N2OS/c1-3-13-24-19-12-11-16-8-4-5-10-18(16)20(19)26-22(24)23-21(25)17-9-6-7-15(2)14-17/h1,4-12,14H,13H2,2H3. The van der Waals surface area contributed by atoms with Gasteiger partial charge in [-0.3, -0.25) is 4.79 Å². The molecule has 1 amide bonds. The Hall–Kier alpha value is -3.16. The Balaban J connectivity index is 1.96. The first-order valence-electron chi connectivity index (χ1n) is 8.27. The summed E-state index contributed by atoms with van der Waals surface area (Å²) in [4.78, 5) is 17.6. The first-order chi connectivity index (χ1) is 12.7. The molecule has 3 nitrogen and oxygen atoms in total. The van der Waals surface area contributed by atoms with Gasteiger partial charge in [0.1, 0.15) is 0 Å². The van der Waals surface area contributed by atoms with Gasteiger partial charge in [0.2, 0.25) is 0 Å². The molecule has 4 heteroatoms. The van der Waals surface area contributed by atoms with Crippen molar-refractivity contribution in [3.63, 3.8) is 0 Å². The molecule has 0 radical (unpaired) electrons. The van der Waals surface area contributed by atoms with Gasteiger partial charge in [0.25, 0.3) is 5.91 Å². The summed E-state index contributed by atoms with van der Waals surface area (Å²) < 4.78 is 3.02. The molecule has 0 fully saturated rings. The molecule has 0 saturated heterocycles. The molecule has 3 aromatic carbocycles. The molecule has 0 bridgehead atoms. The fourth-order valence-electron chi connectivity index (χ4n) is 3.06. The quantitative estimate of drug-likeness (QED) is 0.486. The van der Waals surface area contributed by atoms with Crippen LogP contribution in [0.4, 0.5) is 0 Å². The van der Waals surface area contributed by atoms with Crippen molar-refractivity contribution in [2.75, 3.05) is 0 Å². The van der Waals surface area contributed by atoms with Crippen LogP contribution in [0.2, 0.25) is 0 Å². The maximum atomic E-state index is 12.6. The highest BCUT2D eigenvalue weighted by Gasteiger charge is 2.11. The summed E-state index contributed by atoms with van der Waals surface area (Å²) in [5.41, 5.74) is 2.62. The second-order valence-corrected chi connectivity index (χ2v) is 7.07. The summed E-state index contributed by atoms with van der Waals surface area (Å²) in [7, 11) is 0. The number of aryl methyl sites for hydroxylation is 1. The number of hydrogen-bond acceptors (Lipinski definition) is 2. The Morgan fingerprint density at radius 1 is 1.15 bits per heavy atom. The number of amides is 1. The van der Waals surface area contributed by atoms with E-state index in [1.165, 1.54) is 11.3 Å². The van der Waals surface area contributed by atoms with E-state index in [1.54, 1.807) is 6.07 Å². The lowest BCUT2D eigenvalue weighted by atomic mass is 10.1. The number of hydrogen-bond donors (Lipinski definition) is 0. The molecule has 1 heterocycles. The molecule has 0 aliphatic rings. The molecule has 26 heavy (non-hydrogen) atoms. The van der Waals surface area contributed by atoms with Gasteiger partial charge >= 0.3 is 0 Å². The van der Waals surface area contributed by atoms with E-state index in [0.29, 0.717) is 16.9 Å². The maximum Gasteiger partial charge on any atom is 0.279 e. The predicted molar refractivity (Wildman–Crippen MR) is 107 cm³/mol. The Bertz CT molecular complexity index is 1250. The van der Waals surface area contributed by atoms with Gasteiger partial charge in [-0.1, -0.05) is 65.3 Å². The van der Waals surface area contributed by atoms with Crippen LogP contribution in [0.25, 0.3) is 21.0 Å². The number of rotatable bonds is 2. The average molecular weight is 356 g/mol. The minimum absolute atomic E-state index is 0.254. The molecule has 0 saturated carbocycles. The average Bonchev–Trinajstić information content (AvgIpc) is 3.00. The number of carbonyl (C=O) groups is 1. The number of benzene rings is 3. The smallest absolute Gasteiger partial charge is 0.279 e. The van der Waals surface area contributed by atoms with Crippen molar-refractivity contribution < 1.29 is 4.79 Å². The summed E-state index contributed by atoms with van der Waals surface area (Å²) >= 11 is 1.50. The van der Waals surface area contributed by atoms with Gasteiger partial charge < -0.3 is 4.57 Å². The molecule has 0 atom stereocenters.